The molecule has 4 aliphatic rings. The zero-order valence-corrected chi connectivity index (χ0v) is 16.2. The van der Waals surface area contributed by atoms with Crippen molar-refractivity contribution < 1.29 is 14.6 Å². The van der Waals surface area contributed by atoms with Crippen molar-refractivity contribution in [2.45, 2.75) is 70.9 Å². The van der Waals surface area contributed by atoms with Crippen LogP contribution in [0, 0.1) is 17.8 Å². The van der Waals surface area contributed by atoms with Crippen LogP contribution in [0.2, 0.25) is 0 Å². The van der Waals surface area contributed by atoms with Gasteiger partial charge in [-0.3, -0.25) is 0 Å². The Kier molecular flexibility index (Phi) is 4.08. The molecule has 1 aliphatic heterocycles. The van der Waals surface area contributed by atoms with E-state index in [2.05, 4.69) is 31.4 Å². The van der Waals surface area contributed by atoms with Crippen molar-refractivity contribution in [2.24, 2.45) is 5.92 Å². The Balaban J connectivity index is 1.85. The predicted molar refractivity (Wildman–Crippen MR) is 102 cm³/mol. The van der Waals surface area contributed by atoms with E-state index in [-0.39, 0.29) is 18.3 Å². The number of aliphatic hydroxyl groups is 1. The monoisotopic (exact) mass is 352 g/mol. The fourth-order valence-electron chi connectivity index (χ4n) is 5.16. The van der Waals surface area contributed by atoms with Crippen molar-refractivity contribution in [3.05, 3.63) is 46.1 Å². The molecule has 3 atom stereocenters. The second-order valence-electron chi connectivity index (χ2n) is 8.56. The standard InChI is InChI=1S/C23H28O3/c1-14(2)8-9-16-12-18(13-24)19-20-17(11-15(16)3)7-6-10-23(20)21(19)25-22(4,5)26-23/h12,17,21,24H,1,6-7,10-11,13H2,2-5H3/b16-15-,18-12-/t17?,21-,23-/m1/s1. The molecule has 1 spiro atoms. The summed E-state index contributed by atoms with van der Waals surface area (Å²) in [4.78, 5) is 0. The molecule has 3 nitrogen and oxygen atoms in total. The van der Waals surface area contributed by atoms with Crippen LogP contribution >= 0.6 is 0 Å². The van der Waals surface area contributed by atoms with Crippen molar-refractivity contribution >= 4 is 0 Å². The maximum atomic E-state index is 10.1. The Hall–Kier alpha value is -1.60. The number of rotatable bonds is 1. The van der Waals surface area contributed by atoms with Crippen molar-refractivity contribution in [3.8, 4) is 11.8 Å². The summed E-state index contributed by atoms with van der Waals surface area (Å²) in [7, 11) is 0. The molecule has 0 aromatic carbocycles. The Morgan fingerprint density at radius 3 is 2.88 bits per heavy atom. The van der Waals surface area contributed by atoms with E-state index in [1.807, 2.05) is 20.8 Å². The number of ether oxygens (including phenoxy) is 2. The van der Waals surface area contributed by atoms with Gasteiger partial charge in [0.1, 0.15) is 11.7 Å². The molecule has 1 N–H and O–H groups in total. The lowest BCUT2D eigenvalue weighted by Gasteiger charge is -2.53. The van der Waals surface area contributed by atoms with Crippen molar-refractivity contribution in [1.29, 1.82) is 0 Å². The van der Waals surface area contributed by atoms with Gasteiger partial charge in [0.2, 0.25) is 0 Å². The van der Waals surface area contributed by atoms with Gasteiger partial charge < -0.3 is 14.6 Å². The average molecular weight is 352 g/mol. The number of aliphatic hydroxyl groups excluding tert-OH is 1. The van der Waals surface area contributed by atoms with Gasteiger partial charge in [-0.05, 0) is 87.7 Å². The van der Waals surface area contributed by atoms with Gasteiger partial charge in [0.05, 0.1) is 6.61 Å². The normalized spacial score (nSPS) is 39.3. The molecule has 138 valence electrons. The van der Waals surface area contributed by atoms with Crippen LogP contribution in [0.4, 0.5) is 0 Å². The van der Waals surface area contributed by atoms with Crippen LogP contribution in [0.1, 0.15) is 53.4 Å². The highest BCUT2D eigenvalue weighted by Crippen LogP contribution is 2.63. The summed E-state index contributed by atoms with van der Waals surface area (Å²) in [5, 5.41) is 10.1. The lowest BCUT2D eigenvalue weighted by Crippen LogP contribution is -2.57. The van der Waals surface area contributed by atoms with Gasteiger partial charge in [0, 0.05) is 5.57 Å². The van der Waals surface area contributed by atoms with Gasteiger partial charge in [0.15, 0.2) is 5.79 Å². The van der Waals surface area contributed by atoms with Gasteiger partial charge in [-0.25, -0.2) is 0 Å². The molecule has 0 radical (unpaired) electrons. The van der Waals surface area contributed by atoms with Gasteiger partial charge in [-0.15, -0.1) is 0 Å². The maximum absolute atomic E-state index is 10.1. The minimum atomic E-state index is -0.584. The Morgan fingerprint density at radius 1 is 1.42 bits per heavy atom. The molecule has 26 heavy (non-hydrogen) atoms. The molecule has 0 bridgehead atoms. The van der Waals surface area contributed by atoms with Crippen LogP contribution in [0.25, 0.3) is 0 Å². The summed E-state index contributed by atoms with van der Waals surface area (Å²) < 4.78 is 12.7. The zero-order valence-electron chi connectivity index (χ0n) is 16.2. The molecule has 0 amide bonds. The quantitative estimate of drug-likeness (QED) is 0.719. The second-order valence-corrected chi connectivity index (χ2v) is 8.56. The first kappa shape index (κ1) is 17.8. The van der Waals surface area contributed by atoms with E-state index in [4.69, 9.17) is 9.47 Å². The molecule has 2 fully saturated rings. The van der Waals surface area contributed by atoms with Crippen molar-refractivity contribution in [2.75, 3.05) is 6.61 Å². The summed E-state index contributed by atoms with van der Waals surface area (Å²) >= 11 is 0. The molecule has 1 heterocycles. The van der Waals surface area contributed by atoms with Gasteiger partial charge in [0.25, 0.3) is 0 Å². The van der Waals surface area contributed by atoms with Crippen LogP contribution in [-0.2, 0) is 9.47 Å². The predicted octanol–water partition coefficient (Wildman–Crippen LogP) is 4.21. The van der Waals surface area contributed by atoms with Gasteiger partial charge in [-0.1, -0.05) is 24.0 Å². The molecule has 1 saturated heterocycles. The Bertz CT molecular complexity index is 827. The van der Waals surface area contributed by atoms with E-state index in [1.165, 1.54) is 16.7 Å². The molecule has 1 saturated carbocycles. The van der Waals surface area contributed by atoms with Crippen molar-refractivity contribution in [1.82, 2.24) is 0 Å². The average Bonchev–Trinajstić information content (AvgIpc) is 2.74. The van der Waals surface area contributed by atoms with Crippen LogP contribution in [0.15, 0.2) is 46.1 Å². The lowest BCUT2D eigenvalue weighted by molar-refractivity contribution is -0.157. The maximum Gasteiger partial charge on any atom is 0.165 e. The summed E-state index contributed by atoms with van der Waals surface area (Å²) in [5.41, 5.74) is 6.33. The van der Waals surface area contributed by atoms with Crippen molar-refractivity contribution in [3.63, 3.8) is 0 Å². The molecular weight excluding hydrogens is 324 g/mol. The minimum absolute atomic E-state index is 0.00649. The number of allylic oxidation sites excluding steroid dienone is 4. The third-order valence-corrected chi connectivity index (χ3v) is 6.03. The van der Waals surface area contributed by atoms with E-state index in [9.17, 15) is 5.11 Å². The summed E-state index contributed by atoms with van der Waals surface area (Å²) in [6.45, 7) is 11.9. The SMILES string of the molecule is C=C(C)C#CC1=C(\C)CC2CCC[C@]34OC(C)(C)O[C@@H]3C(=C24)/C(CO)=C\1. The fraction of sp³-hybridized carbons (Fsp3) is 0.565. The topological polar surface area (TPSA) is 38.7 Å². The van der Waals surface area contributed by atoms with Gasteiger partial charge in [-0.2, -0.15) is 0 Å². The smallest absolute Gasteiger partial charge is 0.165 e. The first-order valence-corrected chi connectivity index (χ1v) is 9.59. The third kappa shape index (κ3) is 2.55. The summed E-state index contributed by atoms with van der Waals surface area (Å²) in [6.07, 6.45) is 6.30. The van der Waals surface area contributed by atoms with Crippen LogP contribution in [-0.4, -0.2) is 29.2 Å². The molecule has 3 heteroatoms. The van der Waals surface area contributed by atoms with E-state index in [1.54, 1.807) is 0 Å². The highest BCUT2D eigenvalue weighted by Gasteiger charge is 2.66. The molecule has 1 unspecified atom stereocenters. The number of hydrogen-bond acceptors (Lipinski definition) is 3. The van der Waals surface area contributed by atoms with Crippen LogP contribution < -0.4 is 0 Å². The molecule has 3 aliphatic carbocycles. The highest BCUT2D eigenvalue weighted by molar-refractivity contribution is 5.61. The van der Waals surface area contributed by atoms with Crippen LogP contribution in [0.5, 0.6) is 0 Å². The van der Waals surface area contributed by atoms with E-state index in [0.29, 0.717) is 5.92 Å². The summed E-state index contributed by atoms with van der Waals surface area (Å²) in [5.74, 6) is 6.22. The van der Waals surface area contributed by atoms with Gasteiger partial charge >= 0.3 is 0 Å². The lowest BCUT2D eigenvalue weighted by atomic mass is 9.56. The van der Waals surface area contributed by atoms with E-state index in [0.717, 1.165) is 42.4 Å². The molecule has 0 aromatic rings. The van der Waals surface area contributed by atoms with E-state index < -0.39 is 5.79 Å². The second kappa shape index (κ2) is 5.96. The van der Waals surface area contributed by atoms with Crippen LogP contribution in [0.3, 0.4) is 0 Å². The molecular formula is C23H28O3. The highest BCUT2D eigenvalue weighted by atomic mass is 16.8. The first-order valence-electron chi connectivity index (χ1n) is 9.59. The molecule has 4 rings (SSSR count). The Labute approximate surface area is 156 Å². The number of fused-ring (bicyclic) bond motifs is 1. The zero-order chi connectivity index (χ0) is 18.7. The molecule has 0 aromatic heterocycles. The fourth-order valence-corrected chi connectivity index (χ4v) is 5.16. The Morgan fingerprint density at radius 2 is 2.19 bits per heavy atom. The summed E-state index contributed by atoms with van der Waals surface area (Å²) in [6, 6.07) is 0. The minimum Gasteiger partial charge on any atom is -0.392 e. The van der Waals surface area contributed by atoms with E-state index >= 15 is 0 Å². The first-order chi connectivity index (χ1) is 12.3. The third-order valence-electron chi connectivity index (χ3n) is 6.03. The largest absolute Gasteiger partial charge is 0.392 e. The number of hydrogen-bond donors (Lipinski definition) is 1.